The fourth-order valence-corrected chi connectivity index (χ4v) is 4.22. The van der Waals surface area contributed by atoms with Gasteiger partial charge in [0.05, 0.1) is 0 Å². The van der Waals surface area contributed by atoms with Crippen molar-refractivity contribution in [1.29, 1.82) is 0 Å². The summed E-state index contributed by atoms with van der Waals surface area (Å²) in [5.74, 6) is 1.37. The van der Waals surface area contributed by atoms with Gasteiger partial charge in [0.1, 0.15) is 0 Å². The molecule has 2 atom stereocenters. The zero-order valence-electron chi connectivity index (χ0n) is 17.2. The van der Waals surface area contributed by atoms with Crippen molar-refractivity contribution in [3.8, 4) is 0 Å². The molecule has 2 heterocycles. The van der Waals surface area contributed by atoms with E-state index in [2.05, 4.69) is 44.8 Å². The molecule has 2 aromatic rings. The molecule has 6 nitrogen and oxygen atoms in total. The van der Waals surface area contributed by atoms with E-state index in [1.165, 1.54) is 18.4 Å². The fourth-order valence-electron chi connectivity index (χ4n) is 4.02. The number of hydrogen-bond acceptors (Lipinski definition) is 3. The number of rotatable bonds is 7. The molecule has 8 heteroatoms. The summed E-state index contributed by atoms with van der Waals surface area (Å²) in [6.07, 6.45) is 7.22. The Balaban J connectivity index is 0.00000300. The fraction of sp³-hybridized carbons (Fsp3) is 0.524. The van der Waals surface area contributed by atoms with Gasteiger partial charge in [-0.15, -0.1) is 24.0 Å². The molecule has 160 valence electrons. The largest absolute Gasteiger partial charge is 0.356 e. The van der Waals surface area contributed by atoms with Crippen LogP contribution < -0.4 is 10.6 Å². The number of aliphatic imine (C=N–C) groups is 1. The highest BCUT2D eigenvalue weighted by Gasteiger charge is 2.30. The zero-order chi connectivity index (χ0) is 19.8. The van der Waals surface area contributed by atoms with Crippen molar-refractivity contribution in [3.05, 3.63) is 53.3 Å². The van der Waals surface area contributed by atoms with Gasteiger partial charge in [0.25, 0.3) is 0 Å². The average molecular weight is 531 g/mol. The Morgan fingerprint density at radius 3 is 2.90 bits per heavy atom. The van der Waals surface area contributed by atoms with Crippen molar-refractivity contribution in [2.24, 2.45) is 10.9 Å². The first kappa shape index (κ1) is 24.0. The zero-order valence-corrected chi connectivity index (χ0v) is 20.3. The van der Waals surface area contributed by atoms with Gasteiger partial charge in [-0.25, -0.2) is 0 Å². The lowest BCUT2D eigenvalue weighted by Crippen LogP contribution is -2.45. The number of aromatic nitrogens is 2. The number of hydrogen-bond donors (Lipinski definition) is 2. The van der Waals surface area contributed by atoms with Crippen LogP contribution in [0.5, 0.6) is 0 Å². The number of halogens is 2. The molecule has 0 radical (unpaired) electrons. The van der Waals surface area contributed by atoms with Crippen molar-refractivity contribution in [3.63, 3.8) is 0 Å². The number of aryl methyl sites for hydroxylation is 1. The highest BCUT2D eigenvalue weighted by molar-refractivity contribution is 14.0. The lowest BCUT2D eigenvalue weighted by atomic mass is 9.85. The molecule has 0 bridgehead atoms. The first-order valence-electron chi connectivity index (χ1n) is 10.0. The lowest BCUT2D eigenvalue weighted by Gasteiger charge is -2.40. The Morgan fingerprint density at radius 1 is 1.31 bits per heavy atom. The Hall–Kier alpha value is -1.32. The highest BCUT2D eigenvalue weighted by atomic mass is 127. The van der Waals surface area contributed by atoms with Crippen LogP contribution in [0.25, 0.3) is 0 Å². The number of nitrogens with zero attached hydrogens (tertiary/aromatic N) is 4. The number of likely N-dealkylation sites (tertiary alicyclic amines) is 1. The minimum absolute atomic E-state index is 0. The van der Waals surface area contributed by atoms with Gasteiger partial charge in [0, 0.05) is 50.1 Å². The number of guanidine groups is 1. The second-order valence-electron chi connectivity index (χ2n) is 7.39. The van der Waals surface area contributed by atoms with E-state index in [1.807, 2.05) is 42.3 Å². The molecule has 3 rings (SSSR count). The molecular weight excluding hydrogens is 499 g/mol. The maximum absolute atomic E-state index is 6.25. The van der Waals surface area contributed by atoms with Crippen LogP contribution in [0.1, 0.15) is 30.9 Å². The second kappa shape index (κ2) is 12.4. The Labute approximate surface area is 196 Å². The van der Waals surface area contributed by atoms with Crippen molar-refractivity contribution < 1.29 is 0 Å². The normalized spacial score (nSPS) is 20.2. The summed E-state index contributed by atoms with van der Waals surface area (Å²) in [7, 11) is 4.03. The van der Waals surface area contributed by atoms with Crippen LogP contribution in [0, 0.1) is 5.92 Å². The van der Waals surface area contributed by atoms with Crippen molar-refractivity contribution in [1.82, 2.24) is 25.3 Å². The average Bonchev–Trinajstić information content (AvgIpc) is 3.21. The van der Waals surface area contributed by atoms with E-state index < -0.39 is 0 Å². The Kier molecular flexibility index (Phi) is 10.2. The summed E-state index contributed by atoms with van der Waals surface area (Å²) < 4.78 is 1.95. The van der Waals surface area contributed by atoms with Gasteiger partial charge in [-0.3, -0.25) is 14.6 Å². The van der Waals surface area contributed by atoms with Crippen molar-refractivity contribution in [2.75, 3.05) is 33.7 Å². The summed E-state index contributed by atoms with van der Waals surface area (Å²) in [6.45, 7) is 3.78. The third kappa shape index (κ3) is 7.15. The van der Waals surface area contributed by atoms with Crippen molar-refractivity contribution in [2.45, 2.75) is 31.8 Å². The Morgan fingerprint density at radius 2 is 2.17 bits per heavy atom. The van der Waals surface area contributed by atoms with Crippen LogP contribution in [-0.4, -0.2) is 54.4 Å². The van der Waals surface area contributed by atoms with E-state index in [0.29, 0.717) is 12.0 Å². The summed E-state index contributed by atoms with van der Waals surface area (Å²) in [4.78, 5) is 6.82. The molecule has 1 aromatic carbocycles. The van der Waals surface area contributed by atoms with E-state index in [1.54, 1.807) is 0 Å². The molecule has 0 saturated carbocycles. The van der Waals surface area contributed by atoms with E-state index >= 15 is 0 Å². The first-order valence-corrected chi connectivity index (χ1v) is 10.4. The molecule has 0 amide bonds. The van der Waals surface area contributed by atoms with Gasteiger partial charge in [0.15, 0.2) is 5.96 Å². The first-order chi connectivity index (χ1) is 13.7. The van der Waals surface area contributed by atoms with E-state index in [-0.39, 0.29) is 24.0 Å². The molecule has 2 unspecified atom stereocenters. The third-order valence-electron chi connectivity index (χ3n) is 5.37. The monoisotopic (exact) mass is 530 g/mol. The van der Waals surface area contributed by atoms with E-state index in [9.17, 15) is 0 Å². The quantitative estimate of drug-likeness (QED) is 0.248. The van der Waals surface area contributed by atoms with E-state index in [0.717, 1.165) is 43.6 Å². The summed E-state index contributed by atoms with van der Waals surface area (Å²) in [6, 6.07) is 10.6. The SMILES string of the molecule is CN=C(NCCCn1cccn1)NCC1CCCN(C)C1c1cccc(Cl)c1.I. The molecule has 1 saturated heterocycles. The molecule has 1 aromatic heterocycles. The molecule has 1 fully saturated rings. The van der Waals surface area contributed by atoms with Gasteiger partial charge in [-0.1, -0.05) is 23.7 Å². The van der Waals surface area contributed by atoms with Crippen LogP contribution in [-0.2, 0) is 6.54 Å². The molecule has 29 heavy (non-hydrogen) atoms. The molecular formula is C21H32ClIN6. The van der Waals surface area contributed by atoms with Crippen molar-refractivity contribution >= 4 is 41.5 Å². The smallest absolute Gasteiger partial charge is 0.190 e. The Bertz CT molecular complexity index is 751. The summed E-state index contributed by atoms with van der Waals surface area (Å²) in [5.41, 5.74) is 1.30. The van der Waals surface area contributed by atoms with Gasteiger partial charge in [0.2, 0.25) is 0 Å². The lowest BCUT2D eigenvalue weighted by molar-refractivity contribution is 0.122. The van der Waals surface area contributed by atoms with Gasteiger partial charge < -0.3 is 10.6 Å². The number of benzene rings is 1. The second-order valence-corrected chi connectivity index (χ2v) is 7.82. The van der Waals surface area contributed by atoms with Gasteiger partial charge in [-0.2, -0.15) is 5.10 Å². The molecule has 1 aliphatic heterocycles. The summed E-state index contributed by atoms with van der Waals surface area (Å²) in [5, 5.41) is 12.0. The van der Waals surface area contributed by atoms with E-state index in [4.69, 9.17) is 11.6 Å². The molecule has 0 aliphatic carbocycles. The third-order valence-corrected chi connectivity index (χ3v) is 5.60. The van der Waals surface area contributed by atoms with Crippen LogP contribution in [0.3, 0.4) is 0 Å². The van der Waals surface area contributed by atoms with Gasteiger partial charge >= 0.3 is 0 Å². The predicted molar refractivity (Wildman–Crippen MR) is 131 cm³/mol. The maximum Gasteiger partial charge on any atom is 0.190 e. The molecule has 1 aliphatic rings. The highest BCUT2D eigenvalue weighted by Crippen LogP contribution is 2.35. The maximum atomic E-state index is 6.25. The predicted octanol–water partition coefficient (Wildman–Crippen LogP) is 3.79. The summed E-state index contributed by atoms with van der Waals surface area (Å²) >= 11 is 6.25. The molecule has 2 N–H and O–H groups in total. The van der Waals surface area contributed by atoms with Crippen LogP contribution in [0.15, 0.2) is 47.7 Å². The number of nitrogens with one attached hydrogen (secondary N) is 2. The standard InChI is InChI=1S/C21H31ClN6.HI/c1-23-21(24-10-5-13-28-14-6-11-26-28)25-16-18-8-4-12-27(2)20(18)17-7-3-9-19(22)15-17;/h3,6-7,9,11,14-15,18,20H,4-5,8,10,12-13,16H2,1-2H3,(H2,23,24,25);1H. The minimum Gasteiger partial charge on any atom is -0.356 e. The van der Waals surface area contributed by atoms with Crippen LogP contribution in [0.2, 0.25) is 5.02 Å². The van der Waals surface area contributed by atoms with Crippen LogP contribution >= 0.6 is 35.6 Å². The topological polar surface area (TPSA) is 57.5 Å². The molecule has 0 spiro atoms. The number of piperidine rings is 1. The van der Waals surface area contributed by atoms with Crippen LogP contribution in [0.4, 0.5) is 0 Å². The van der Waals surface area contributed by atoms with Gasteiger partial charge in [-0.05, 0) is 62.5 Å². The minimum atomic E-state index is 0.